The summed E-state index contributed by atoms with van der Waals surface area (Å²) in [5.74, 6) is -0.737. The Morgan fingerprint density at radius 2 is 1.89 bits per heavy atom. The van der Waals surface area contributed by atoms with E-state index in [4.69, 9.17) is 32.7 Å². The number of methoxy groups -OCH3 is 1. The van der Waals surface area contributed by atoms with Crippen molar-refractivity contribution in [2.45, 2.75) is 6.61 Å². The van der Waals surface area contributed by atoms with Crippen LogP contribution in [-0.2, 0) is 11.4 Å². The Bertz CT molecular complexity index is 1350. The monoisotopic (exact) mass is 515 g/mol. The van der Waals surface area contributed by atoms with E-state index in [1.165, 1.54) is 49.6 Å². The molecule has 3 aromatic rings. The first-order valence-corrected chi connectivity index (χ1v) is 10.6. The largest absolute Gasteiger partial charge is 0.493 e. The number of ether oxygens (including phenoxy) is 2. The average Bonchev–Trinajstić information content (AvgIpc) is 2.83. The summed E-state index contributed by atoms with van der Waals surface area (Å²) < 4.78 is 24.1. The first-order chi connectivity index (χ1) is 16.7. The van der Waals surface area contributed by atoms with Crippen molar-refractivity contribution in [3.05, 3.63) is 97.3 Å². The van der Waals surface area contributed by atoms with Gasteiger partial charge in [0, 0.05) is 12.1 Å². The van der Waals surface area contributed by atoms with Crippen molar-refractivity contribution >= 4 is 46.6 Å². The van der Waals surface area contributed by atoms with E-state index in [2.05, 4.69) is 5.32 Å². The number of rotatable bonds is 8. The van der Waals surface area contributed by atoms with Crippen molar-refractivity contribution in [1.82, 2.24) is 0 Å². The summed E-state index contributed by atoms with van der Waals surface area (Å²) in [6.07, 6.45) is 1.26. The minimum Gasteiger partial charge on any atom is -0.493 e. The molecule has 0 bridgehead atoms. The van der Waals surface area contributed by atoms with E-state index in [9.17, 15) is 24.6 Å². The molecule has 0 unspecified atom stereocenters. The molecule has 0 aliphatic heterocycles. The third-order valence-electron chi connectivity index (χ3n) is 4.63. The predicted octanol–water partition coefficient (Wildman–Crippen LogP) is 6.17. The van der Waals surface area contributed by atoms with Gasteiger partial charge in [-0.3, -0.25) is 14.9 Å². The third-order valence-corrected chi connectivity index (χ3v) is 5.24. The molecule has 3 rings (SSSR count). The lowest BCUT2D eigenvalue weighted by molar-refractivity contribution is -0.384. The minimum atomic E-state index is -0.832. The first kappa shape index (κ1) is 25.5. The van der Waals surface area contributed by atoms with Crippen LogP contribution in [-0.4, -0.2) is 17.9 Å². The Labute approximate surface area is 209 Å². The maximum atomic E-state index is 13.1. The summed E-state index contributed by atoms with van der Waals surface area (Å²) in [6, 6.07) is 14.0. The van der Waals surface area contributed by atoms with Crippen molar-refractivity contribution in [3.8, 4) is 17.6 Å². The molecule has 1 N–H and O–H groups in total. The lowest BCUT2D eigenvalue weighted by Gasteiger charge is -2.14. The summed E-state index contributed by atoms with van der Waals surface area (Å²) in [5.41, 5.74) is 0.451. The highest BCUT2D eigenvalue weighted by Gasteiger charge is 2.17. The first-order valence-electron chi connectivity index (χ1n) is 9.83. The molecule has 0 atom stereocenters. The molecular formula is C24H16Cl2FN3O5. The number of carbonyl (C=O) groups excluding carboxylic acids is 1. The number of hydrogen-bond acceptors (Lipinski definition) is 6. The van der Waals surface area contributed by atoms with Crippen molar-refractivity contribution in [1.29, 1.82) is 5.26 Å². The Kier molecular flexibility index (Phi) is 8.25. The summed E-state index contributed by atoms with van der Waals surface area (Å²) in [7, 11) is 1.39. The van der Waals surface area contributed by atoms with Crippen LogP contribution < -0.4 is 14.8 Å². The van der Waals surface area contributed by atoms with E-state index in [1.54, 1.807) is 18.2 Å². The number of nitrogens with one attached hydrogen (secondary N) is 1. The van der Waals surface area contributed by atoms with E-state index in [0.717, 1.165) is 6.07 Å². The normalized spacial score (nSPS) is 10.9. The lowest BCUT2D eigenvalue weighted by atomic mass is 10.1. The molecule has 0 fully saturated rings. The molecule has 0 saturated carbocycles. The summed E-state index contributed by atoms with van der Waals surface area (Å²) in [6.45, 7) is 0.0986. The van der Waals surface area contributed by atoms with Gasteiger partial charge < -0.3 is 14.8 Å². The molecule has 8 nitrogen and oxygen atoms in total. The van der Waals surface area contributed by atoms with Crippen LogP contribution in [0.15, 0.2) is 60.2 Å². The molecule has 35 heavy (non-hydrogen) atoms. The average molecular weight is 516 g/mol. The zero-order chi connectivity index (χ0) is 25.5. The Morgan fingerprint density at radius 1 is 1.17 bits per heavy atom. The van der Waals surface area contributed by atoms with Crippen LogP contribution in [0.25, 0.3) is 6.08 Å². The second kappa shape index (κ2) is 11.3. The van der Waals surface area contributed by atoms with Gasteiger partial charge in [0.05, 0.1) is 27.8 Å². The Balaban J connectivity index is 1.84. The summed E-state index contributed by atoms with van der Waals surface area (Å²) in [5, 5.41) is 23.1. The van der Waals surface area contributed by atoms with Crippen LogP contribution in [0.4, 0.5) is 15.8 Å². The summed E-state index contributed by atoms with van der Waals surface area (Å²) >= 11 is 12.4. The Morgan fingerprint density at radius 3 is 2.51 bits per heavy atom. The van der Waals surface area contributed by atoms with Gasteiger partial charge >= 0.3 is 0 Å². The highest BCUT2D eigenvalue weighted by Crippen LogP contribution is 2.37. The lowest BCUT2D eigenvalue weighted by Crippen LogP contribution is -2.14. The van der Waals surface area contributed by atoms with Gasteiger partial charge in [0.15, 0.2) is 11.5 Å². The molecule has 0 aliphatic carbocycles. The molecule has 0 aliphatic rings. The third kappa shape index (κ3) is 6.47. The van der Waals surface area contributed by atoms with Gasteiger partial charge in [0.1, 0.15) is 24.1 Å². The fourth-order valence-corrected chi connectivity index (χ4v) is 3.37. The number of non-ortho nitro benzene ring substituents is 1. The van der Waals surface area contributed by atoms with Crippen LogP contribution in [0.3, 0.4) is 0 Å². The number of halogens is 3. The van der Waals surface area contributed by atoms with Crippen LogP contribution in [0, 0.1) is 27.3 Å². The smallest absolute Gasteiger partial charge is 0.271 e. The van der Waals surface area contributed by atoms with Crippen molar-refractivity contribution < 1.29 is 23.6 Å². The van der Waals surface area contributed by atoms with E-state index < -0.39 is 10.8 Å². The van der Waals surface area contributed by atoms with E-state index in [1.807, 2.05) is 0 Å². The zero-order valence-corrected chi connectivity index (χ0v) is 19.6. The second-order valence-electron chi connectivity index (χ2n) is 6.99. The molecule has 11 heteroatoms. The number of anilines is 1. The molecule has 178 valence electrons. The SMILES string of the molecule is COc1cc(/C=C(\C#N)C(=O)Nc2cc([N+](=O)[O-])ccc2Cl)cc(Cl)c1OCc1ccc(F)cc1. The van der Waals surface area contributed by atoms with Crippen LogP contribution in [0.5, 0.6) is 11.5 Å². The summed E-state index contributed by atoms with van der Waals surface area (Å²) in [4.78, 5) is 23.0. The number of nitrogens with zero attached hydrogens (tertiary/aromatic N) is 2. The van der Waals surface area contributed by atoms with Crippen molar-refractivity contribution in [2.24, 2.45) is 0 Å². The van der Waals surface area contributed by atoms with Crippen LogP contribution >= 0.6 is 23.2 Å². The molecule has 0 saturated heterocycles. The van der Waals surface area contributed by atoms with Gasteiger partial charge in [0.2, 0.25) is 0 Å². The van der Waals surface area contributed by atoms with Crippen molar-refractivity contribution in [3.63, 3.8) is 0 Å². The maximum absolute atomic E-state index is 13.1. The molecule has 0 heterocycles. The molecule has 0 aromatic heterocycles. The van der Waals surface area contributed by atoms with Gasteiger partial charge in [-0.1, -0.05) is 35.3 Å². The molecular weight excluding hydrogens is 500 g/mol. The molecule has 0 spiro atoms. The number of carbonyl (C=O) groups is 1. The Hall–Kier alpha value is -4.13. The molecule has 3 aromatic carbocycles. The fourth-order valence-electron chi connectivity index (χ4n) is 2.93. The highest BCUT2D eigenvalue weighted by molar-refractivity contribution is 6.34. The van der Waals surface area contributed by atoms with Gasteiger partial charge in [-0.2, -0.15) is 5.26 Å². The standard InChI is InChI=1S/C24H16Cl2FN3O5/c1-34-22-10-15(9-20(26)23(22)35-13-14-2-4-17(27)5-3-14)8-16(12-28)24(31)29-21-11-18(30(32)33)6-7-19(21)25/h2-11H,13H2,1H3,(H,29,31)/b16-8+. The number of nitro benzene ring substituents is 1. The van der Waals surface area contributed by atoms with E-state index in [-0.39, 0.29) is 50.9 Å². The van der Waals surface area contributed by atoms with Gasteiger partial charge in [-0.05, 0) is 47.5 Å². The van der Waals surface area contributed by atoms with E-state index in [0.29, 0.717) is 11.1 Å². The zero-order valence-electron chi connectivity index (χ0n) is 18.1. The van der Waals surface area contributed by atoms with Crippen molar-refractivity contribution in [2.75, 3.05) is 12.4 Å². The van der Waals surface area contributed by atoms with Crippen LogP contribution in [0.1, 0.15) is 11.1 Å². The number of benzene rings is 3. The fraction of sp³-hybridized carbons (Fsp3) is 0.0833. The quantitative estimate of drug-likeness (QED) is 0.166. The highest BCUT2D eigenvalue weighted by atomic mass is 35.5. The van der Waals surface area contributed by atoms with Gasteiger partial charge in [0.25, 0.3) is 11.6 Å². The number of hydrogen-bond donors (Lipinski definition) is 1. The molecule has 1 amide bonds. The van der Waals surface area contributed by atoms with Gasteiger partial charge in [-0.15, -0.1) is 0 Å². The van der Waals surface area contributed by atoms with Crippen LogP contribution in [0.2, 0.25) is 10.0 Å². The second-order valence-corrected chi connectivity index (χ2v) is 7.81. The maximum Gasteiger partial charge on any atom is 0.271 e. The predicted molar refractivity (Wildman–Crippen MR) is 129 cm³/mol. The van der Waals surface area contributed by atoms with Gasteiger partial charge in [-0.25, -0.2) is 4.39 Å². The number of amides is 1. The number of nitriles is 1. The minimum absolute atomic E-state index is 0.0211. The topological polar surface area (TPSA) is 114 Å². The van der Waals surface area contributed by atoms with E-state index >= 15 is 0 Å². The number of nitro groups is 1. The molecule has 0 radical (unpaired) electrons.